The van der Waals surface area contributed by atoms with Gasteiger partial charge in [-0.05, 0) is 30.9 Å². The Morgan fingerprint density at radius 2 is 1.89 bits per heavy atom. The highest BCUT2D eigenvalue weighted by Gasteiger charge is 2.34. The minimum atomic E-state index is -4.51. The average Bonchev–Trinajstić information content (AvgIpc) is 2.29. The molecule has 108 valence electrons. The van der Waals surface area contributed by atoms with Gasteiger partial charge in [-0.2, -0.15) is 13.2 Å². The van der Waals surface area contributed by atoms with Gasteiger partial charge in [0.15, 0.2) is 0 Å². The van der Waals surface area contributed by atoms with Crippen LogP contribution < -0.4 is 11.3 Å². The minimum Gasteiger partial charge on any atom is -0.330 e. The van der Waals surface area contributed by atoms with Gasteiger partial charge in [-0.3, -0.25) is 4.79 Å². The molecule has 0 bridgehead atoms. The number of hydrogen-bond acceptors (Lipinski definition) is 2. The van der Waals surface area contributed by atoms with E-state index in [1.807, 2.05) is 13.8 Å². The van der Waals surface area contributed by atoms with E-state index >= 15 is 0 Å². The van der Waals surface area contributed by atoms with E-state index in [2.05, 4.69) is 0 Å². The van der Waals surface area contributed by atoms with E-state index in [1.54, 1.807) is 0 Å². The third-order valence-corrected chi connectivity index (χ3v) is 3.13. The second-order valence-corrected chi connectivity index (χ2v) is 5.37. The molecule has 0 aliphatic carbocycles. The molecule has 0 saturated heterocycles. The molecule has 0 saturated carbocycles. The highest BCUT2D eigenvalue weighted by atomic mass is 19.4. The Kier molecular flexibility index (Phi) is 4.79. The van der Waals surface area contributed by atoms with Crippen molar-refractivity contribution in [2.75, 3.05) is 6.54 Å². The normalized spacial score (nSPS) is 12.7. The monoisotopic (exact) mass is 276 g/mol. The number of alkyl halides is 3. The van der Waals surface area contributed by atoms with E-state index < -0.39 is 17.4 Å². The van der Waals surface area contributed by atoms with Crippen LogP contribution in [0.2, 0.25) is 0 Å². The number of rotatable bonds is 5. The van der Waals surface area contributed by atoms with Crippen molar-refractivity contribution in [1.29, 1.82) is 0 Å². The fraction of sp³-hybridized carbons (Fsp3) is 0.615. The Hall–Kier alpha value is -1.30. The number of pyridine rings is 1. The van der Waals surface area contributed by atoms with Crippen LogP contribution in [-0.2, 0) is 12.7 Å². The van der Waals surface area contributed by atoms with Gasteiger partial charge in [0.05, 0.1) is 0 Å². The van der Waals surface area contributed by atoms with Crippen LogP contribution in [0.25, 0.3) is 0 Å². The molecule has 0 fully saturated rings. The van der Waals surface area contributed by atoms with Crippen molar-refractivity contribution in [2.24, 2.45) is 11.1 Å². The second-order valence-electron chi connectivity index (χ2n) is 5.37. The summed E-state index contributed by atoms with van der Waals surface area (Å²) >= 11 is 0. The van der Waals surface area contributed by atoms with Gasteiger partial charge in [-0.25, -0.2) is 0 Å². The molecule has 19 heavy (non-hydrogen) atoms. The predicted molar refractivity (Wildman–Crippen MR) is 67.8 cm³/mol. The highest BCUT2D eigenvalue weighted by molar-refractivity contribution is 5.10. The first-order chi connectivity index (χ1) is 8.67. The lowest BCUT2D eigenvalue weighted by Gasteiger charge is -2.23. The van der Waals surface area contributed by atoms with Gasteiger partial charge in [-0.1, -0.05) is 19.9 Å². The van der Waals surface area contributed by atoms with E-state index in [4.69, 9.17) is 5.73 Å². The molecule has 0 spiro atoms. The first-order valence-electron chi connectivity index (χ1n) is 6.14. The van der Waals surface area contributed by atoms with Gasteiger partial charge in [0.2, 0.25) is 0 Å². The first-order valence-corrected chi connectivity index (χ1v) is 6.14. The largest absolute Gasteiger partial charge is 0.431 e. The van der Waals surface area contributed by atoms with E-state index in [0.717, 1.165) is 22.8 Å². The van der Waals surface area contributed by atoms with Crippen molar-refractivity contribution in [2.45, 2.75) is 39.4 Å². The minimum absolute atomic E-state index is 0.0535. The maximum Gasteiger partial charge on any atom is 0.431 e. The Labute approximate surface area is 110 Å². The topological polar surface area (TPSA) is 48.0 Å². The summed E-state index contributed by atoms with van der Waals surface area (Å²) < 4.78 is 39.1. The van der Waals surface area contributed by atoms with Crippen molar-refractivity contribution in [3.63, 3.8) is 0 Å². The van der Waals surface area contributed by atoms with Gasteiger partial charge in [0.25, 0.3) is 5.56 Å². The maximum atomic E-state index is 12.8. The number of aromatic nitrogens is 1. The molecule has 1 aromatic rings. The molecule has 3 nitrogen and oxygen atoms in total. The smallest absolute Gasteiger partial charge is 0.330 e. The summed E-state index contributed by atoms with van der Waals surface area (Å²) in [5.41, 5.74) is 3.92. The molecule has 0 unspecified atom stereocenters. The summed E-state index contributed by atoms with van der Waals surface area (Å²) in [6, 6.07) is 3.20. The zero-order valence-corrected chi connectivity index (χ0v) is 11.1. The Balaban J connectivity index is 2.87. The molecule has 1 heterocycles. The van der Waals surface area contributed by atoms with Crippen molar-refractivity contribution in [3.05, 3.63) is 34.2 Å². The molecular weight excluding hydrogens is 257 g/mol. The Bertz CT molecular complexity index is 478. The molecule has 0 aliphatic rings. The fourth-order valence-corrected chi connectivity index (χ4v) is 1.82. The zero-order valence-electron chi connectivity index (χ0n) is 11.1. The van der Waals surface area contributed by atoms with Crippen LogP contribution in [0.3, 0.4) is 0 Å². The third-order valence-electron chi connectivity index (χ3n) is 3.13. The van der Waals surface area contributed by atoms with Crippen LogP contribution in [0, 0.1) is 5.41 Å². The molecule has 0 radical (unpaired) electrons. The summed E-state index contributed by atoms with van der Waals surface area (Å²) in [5, 5.41) is 0. The molecule has 0 aromatic carbocycles. The molecule has 0 aliphatic heterocycles. The van der Waals surface area contributed by atoms with Crippen LogP contribution in [0.1, 0.15) is 32.4 Å². The lowest BCUT2D eigenvalue weighted by Crippen LogP contribution is -2.29. The summed E-state index contributed by atoms with van der Waals surface area (Å²) in [6.07, 6.45) is -3.36. The lowest BCUT2D eigenvalue weighted by atomic mass is 9.88. The van der Waals surface area contributed by atoms with Crippen LogP contribution in [0.5, 0.6) is 0 Å². The fourth-order valence-electron chi connectivity index (χ4n) is 1.82. The van der Waals surface area contributed by atoms with Gasteiger partial charge in [0, 0.05) is 12.6 Å². The van der Waals surface area contributed by atoms with Gasteiger partial charge < -0.3 is 10.3 Å². The molecule has 0 amide bonds. The Morgan fingerprint density at radius 1 is 1.26 bits per heavy atom. The van der Waals surface area contributed by atoms with Crippen molar-refractivity contribution in [1.82, 2.24) is 4.57 Å². The third kappa shape index (κ3) is 4.38. The van der Waals surface area contributed by atoms with Crippen molar-refractivity contribution < 1.29 is 13.2 Å². The van der Waals surface area contributed by atoms with E-state index in [9.17, 15) is 18.0 Å². The quantitative estimate of drug-likeness (QED) is 0.898. The van der Waals surface area contributed by atoms with Crippen LogP contribution in [0.15, 0.2) is 23.0 Å². The summed E-state index contributed by atoms with van der Waals surface area (Å²) in [4.78, 5) is 11.6. The summed E-state index contributed by atoms with van der Waals surface area (Å²) in [5.74, 6) is 0. The number of nitrogens with zero attached hydrogens (tertiary/aromatic N) is 1. The molecular formula is C13H19F3N2O. The van der Waals surface area contributed by atoms with Crippen LogP contribution >= 0.6 is 0 Å². The number of nitrogens with two attached hydrogens (primary N) is 1. The lowest BCUT2D eigenvalue weighted by molar-refractivity contribution is -0.144. The van der Waals surface area contributed by atoms with E-state index in [1.165, 1.54) is 0 Å². The number of hydrogen-bond donors (Lipinski definition) is 1. The standard InChI is InChI=1S/C13H19F3N2O/c1-12(2,9-17)7-4-8-18-10(13(14,15)16)5-3-6-11(18)19/h3,5-6H,4,7-9,17H2,1-2H3. The van der Waals surface area contributed by atoms with Crippen LogP contribution in [-0.4, -0.2) is 11.1 Å². The first kappa shape index (κ1) is 15.8. The molecule has 0 atom stereocenters. The van der Waals surface area contributed by atoms with Gasteiger partial charge in [0.1, 0.15) is 5.69 Å². The van der Waals surface area contributed by atoms with E-state index in [0.29, 0.717) is 19.4 Å². The maximum absolute atomic E-state index is 12.8. The van der Waals surface area contributed by atoms with Gasteiger partial charge >= 0.3 is 6.18 Å². The van der Waals surface area contributed by atoms with Gasteiger partial charge in [-0.15, -0.1) is 0 Å². The SMILES string of the molecule is CC(C)(CN)CCCn1c(C(F)(F)F)cccc1=O. The molecule has 6 heteroatoms. The number of halogens is 3. The highest BCUT2D eigenvalue weighted by Crippen LogP contribution is 2.28. The van der Waals surface area contributed by atoms with Crippen molar-refractivity contribution >= 4 is 0 Å². The zero-order chi connectivity index (χ0) is 14.7. The van der Waals surface area contributed by atoms with Crippen molar-refractivity contribution in [3.8, 4) is 0 Å². The van der Waals surface area contributed by atoms with Crippen LogP contribution in [0.4, 0.5) is 13.2 Å². The summed E-state index contributed by atoms with van der Waals surface area (Å²) in [6.45, 7) is 4.41. The molecule has 2 N–H and O–H groups in total. The van der Waals surface area contributed by atoms with E-state index in [-0.39, 0.29) is 12.0 Å². The summed E-state index contributed by atoms with van der Waals surface area (Å²) in [7, 11) is 0. The Morgan fingerprint density at radius 3 is 2.42 bits per heavy atom. The molecule has 1 aromatic heterocycles. The predicted octanol–water partition coefficient (Wildman–Crippen LogP) is 2.63. The average molecular weight is 276 g/mol. The second kappa shape index (κ2) is 5.77. The molecule has 1 rings (SSSR count).